The molecule has 3 N–H and O–H groups in total. The molecule has 1 aliphatic carbocycles. The Balaban J connectivity index is 2.43. The van der Waals surface area contributed by atoms with Crippen molar-refractivity contribution in [3.8, 4) is 0 Å². The highest BCUT2D eigenvalue weighted by molar-refractivity contribution is 5.68. The highest BCUT2D eigenvalue weighted by atomic mass is 16.6. The number of amides is 1. The molecule has 0 bridgehead atoms. The maximum atomic E-state index is 11.6. The van der Waals surface area contributed by atoms with E-state index in [0.29, 0.717) is 12.3 Å². The predicted molar refractivity (Wildman–Crippen MR) is 63.6 cm³/mol. The van der Waals surface area contributed by atoms with Crippen molar-refractivity contribution in [3.63, 3.8) is 0 Å². The number of ether oxygens (including phenoxy) is 1. The van der Waals surface area contributed by atoms with Gasteiger partial charge in [-0.1, -0.05) is 12.8 Å². The second-order valence-corrected chi connectivity index (χ2v) is 5.68. The van der Waals surface area contributed by atoms with Crippen molar-refractivity contribution in [2.75, 3.05) is 6.61 Å². The molecule has 0 radical (unpaired) electrons. The molecule has 0 saturated heterocycles. The normalized spacial score (nSPS) is 19.6. The number of carbonyl (C=O) groups is 1. The third-order valence-electron chi connectivity index (χ3n) is 2.64. The first kappa shape index (κ1) is 14.3. The number of aliphatic hydroxyl groups excluding tert-OH is 2. The number of hydrogen-bond acceptors (Lipinski definition) is 4. The molecular weight excluding hydrogens is 222 g/mol. The van der Waals surface area contributed by atoms with Crippen LogP contribution in [0.25, 0.3) is 0 Å². The quantitative estimate of drug-likeness (QED) is 0.676. The van der Waals surface area contributed by atoms with Crippen LogP contribution in [0.5, 0.6) is 0 Å². The zero-order valence-electron chi connectivity index (χ0n) is 10.8. The Morgan fingerprint density at radius 3 is 2.47 bits per heavy atom. The van der Waals surface area contributed by atoms with E-state index in [2.05, 4.69) is 5.32 Å². The van der Waals surface area contributed by atoms with Crippen LogP contribution < -0.4 is 5.32 Å². The number of aliphatic hydroxyl groups is 2. The lowest BCUT2D eigenvalue weighted by Gasteiger charge is -2.25. The Morgan fingerprint density at radius 1 is 1.47 bits per heavy atom. The average molecular weight is 245 g/mol. The molecule has 0 aromatic rings. The van der Waals surface area contributed by atoms with E-state index < -0.39 is 23.8 Å². The van der Waals surface area contributed by atoms with Gasteiger partial charge in [0.15, 0.2) is 0 Å². The summed E-state index contributed by atoms with van der Waals surface area (Å²) in [5.74, 6) is 0.552. The van der Waals surface area contributed by atoms with E-state index in [1.165, 1.54) is 0 Å². The summed E-state index contributed by atoms with van der Waals surface area (Å²) in [6.07, 6.45) is 1.48. The molecule has 1 aliphatic rings. The molecule has 0 unspecified atom stereocenters. The van der Waals surface area contributed by atoms with Gasteiger partial charge in [0.1, 0.15) is 5.60 Å². The second-order valence-electron chi connectivity index (χ2n) is 5.68. The fourth-order valence-corrected chi connectivity index (χ4v) is 1.61. The zero-order chi connectivity index (χ0) is 13.1. The van der Waals surface area contributed by atoms with E-state index >= 15 is 0 Å². The minimum absolute atomic E-state index is 0.354. The van der Waals surface area contributed by atoms with Gasteiger partial charge in [0, 0.05) is 0 Å². The van der Waals surface area contributed by atoms with Crippen LogP contribution in [0.15, 0.2) is 0 Å². The lowest BCUT2D eigenvalue weighted by molar-refractivity contribution is 0.0297. The summed E-state index contributed by atoms with van der Waals surface area (Å²) in [5, 5.41) is 21.2. The second kappa shape index (κ2) is 5.69. The smallest absolute Gasteiger partial charge is 0.407 e. The van der Waals surface area contributed by atoms with E-state index in [1.54, 1.807) is 20.8 Å². The van der Waals surface area contributed by atoms with Gasteiger partial charge in [0.05, 0.1) is 18.8 Å². The van der Waals surface area contributed by atoms with E-state index in [9.17, 15) is 9.90 Å². The molecule has 0 heterocycles. The van der Waals surface area contributed by atoms with E-state index in [0.717, 1.165) is 12.8 Å². The summed E-state index contributed by atoms with van der Waals surface area (Å²) in [7, 11) is 0. The van der Waals surface area contributed by atoms with Gasteiger partial charge in [-0.25, -0.2) is 4.79 Å². The Labute approximate surface area is 102 Å². The first-order valence-electron chi connectivity index (χ1n) is 6.10. The molecule has 0 aromatic heterocycles. The van der Waals surface area contributed by atoms with Crippen molar-refractivity contribution in [2.24, 2.45) is 5.92 Å². The lowest BCUT2D eigenvalue weighted by Crippen LogP contribution is -2.47. The summed E-state index contributed by atoms with van der Waals surface area (Å²) in [4.78, 5) is 11.6. The van der Waals surface area contributed by atoms with Gasteiger partial charge in [0.2, 0.25) is 0 Å². The Kier molecular flexibility index (Phi) is 4.77. The molecule has 1 fully saturated rings. The largest absolute Gasteiger partial charge is 0.444 e. The summed E-state index contributed by atoms with van der Waals surface area (Å²) in [6.45, 7) is 4.99. The fourth-order valence-electron chi connectivity index (χ4n) is 1.61. The summed E-state index contributed by atoms with van der Waals surface area (Å²) < 4.78 is 5.12. The predicted octanol–water partition coefficient (Wildman–Crippen LogP) is 1.03. The fraction of sp³-hybridized carbons (Fsp3) is 0.917. The van der Waals surface area contributed by atoms with Crippen LogP contribution in [0.1, 0.15) is 40.0 Å². The monoisotopic (exact) mass is 245 g/mol. The Hall–Kier alpha value is -0.810. The van der Waals surface area contributed by atoms with Crippen molar-refractivity contribution >= 4 is 6.09 Å². The minimum atomic E-state index is -0.928. The van der Waals surface area contributed by atoms with Gasteiger partial charge in [-0.2, -0.15) is 0 Å². The minimum Gasteiger partial charge on any atom is -0.444 e. The van der Waals surface area contributed by atoms with Crippen molar-refractivity contribution in [1.29, 1.82) is 0 Å². The van der Waals surface area contributed by atoms with Crippen LogP contribution in [0.3, 0.4) is 0 Å². The van der Waals surface area contributed by atoms with Crippen molar-refractivity contribution in [1.82, 2.24) is 5.32 Å². The third kappa shape index (κ3) is 5.89. The number of carbonyl (C=O) groups excluding carboxylic acids is 1. The van der Waals surface area contributed by atoms with Crippen molar-refractivity contribution in [2.45, 2.75) is 57.8 Å². The molecule has 1 rings (SSSR count). The molecule has 0 aromatic carbocycles. The van der Waals surface area contributed by atoms with Gasteiger partial charge in [-0.05, 0) is 33.1 Å². The number of hydrogen-bond donors (Lipinski definition) is 3. The lowest BCUT2D eigenvalue weighted by atomic mass is 10.1. The molecule has 5 nitrogen and oxygen atoms in total. The van der Waals surface area contributed by atoms with E-state index in [-0.39, 0.29) is 6.61 Å². The standard InChI is InChI=1S/C12H23NO4/c1-12(2,3)17-11(16)13-9(10(15)7-14)6-8-4-5-8/h8-10,14-15H,4-7H2,1-3H3,(H,13,16)/t9-,10+/m0/s1. The first-order valence-corrected chi connectivity index (χ1v) is 6.10. The molecule has 1 amide bonds. The van der Waals surface area contributed by atoms with E-state index in [1.807, 2.05) is 0 Å². The van der Waals surface area contributed by atoms with Gasteiger partial charge in [0.25, 0.3) is 0 Å². The average Bonchev–Trinajstić information content (AvgIpc) is 2.96. The van der Waals surface area contributed by atoms with Crippen LogP contribution >= 0.6 is 0 Å². The van der Waals surface area contributed by atoms with Gasteiger partial charge in [-0.15, -0.1) is 0 Å². The summed E-state index contributed by atoms with van der Waals surface area (Å²) in [6, 6.07) is -0.428. The van der Waals surface area contributed by atoms with Crippen molar-refractivity contribution in [3.05, 3.63) is 0 Å². The maximum absolute atomic E-state index is 11.6. The highest BCUT2D eigenvalue weighted by Crippen LogP contribution is 2.34. The molecule has 17 heavy (non-hydrogen) atoms. The SMILES string of the molecule is CC(C)(C)OC(=O)N[C@@H](CC1CC1)[C@H](O)CO. The number of alkyl carbamates (subject to hydrolysis) is 1. The summed E-state index contributed by atoms with van der Waals surface area (Å²) in [5.41, 5.74) is -0.557. The Morgan fingerprint density at radius 2 is 2.06 bits per heavy atom. The highest BCUT2D eigenvalue weighted by Gasteiger charge is 2.31. The molecule has 2 atom stereocenters. The molecule has 5 heteroatoms. The topological polar surface area (TPSA) is 78.8 Å². The van der Waals surface area contributed by atoms with Gasteiger partial charge < -0.3 is 20.3 Å². The number of rotatable bonds is 5. The van der Waals surface area contributed by atoms with Crippen LogP contribution in [0.4, 0.5) is 4.79 Å². The van der Waals surface area contributed by atoms with Crippen LogP contribution in [0, 0.1) is 5.92 Å². The number of nitrogens with one attached hydrogen (secondary N) is 1. The van der Waals surface area contributed by atoms with E-state index in [4.69, 9.17) is 9.84 Å². The molecule has 100 valence electrons. The molecule has 1 saturated carbocycles. The van der Waals surface area contributed by atoms with Gasteiger partial charge >= 0.3 is 6.09 Å². The molecular formula is C12H23NO4. The zero-order valence-corrected chi connectivity index (χ0v) is 10.8. The maximum Gasteiger partial charge on any atom is 0.407 e. The Bertz CT molecular complexity index is 258. The van der Waals surface area contributed by atoms with Gasteiger partial charge in [-0.3, -0.25) is 0 Å². The van der Waals surface area contributed by atoms with Crippen LogP contribution in [-0.2, 0) is 4.74 Å². The summed E-state index contributed by atoms with van der Waals surface area (Å²) >= 11 is 0. The van der Waals surface area contributed by atoms with Crippen LogP contribution in [0.2, 0.25) is 0 Å². The molecule has 0 spiro atoms. The first-order chi connectivity index (χ1) is 7.81. The molecule has 0 aliphatic heterocycles. The van der Waals surface area contributed by atoms with Crippen molar-refractivity contribution < 1.29 is 19.7 Å². The third-order valence-corrected chi connectivity index (χ3v) is 2.64. The van der Waals surface area contributed by atoms with Crippen LogP contribution in [-0.4, -0.2) is 40.7 Å².